The van der Waals surface area contributed by atoms with Crippen LogP contribution >= 0.6 is 11.3 Å². The highest BCUT2D eigenvalue weighted by Gasteiger charge is 2.25. The molecule has 0 aliphatic rings. The van der Waals surface area contributed by atoms with Crippen LogP contribution in [0.5, 0.6) is 5.75 Å². The van der Waals surface area contributed by atoms with Gasteiger partial charge in [-0.2, -0.15) is 10.2 Å². The van der Waals surface area contributed by atoms with E-state index in [1.54, 1.807) is 45.2 Å². The van der Waals surface area contributed by atoms with Gasteiger partial charge in [-0.3, -0.25) is 23.5 Å². The molecular weight excluding hydrogens is 496 g/mol. The van der Waals surface area contributed by atoms with E-state index in [9.17, 15) is 19.2 Å². The Hall–Kier alpha value is -4.06. The number of aryl methyl sites for hydroxylation is 1. The maximum atomic E-state index is 13.5. The minimum atomic E-state index is -0.746. The van der Waals surface area contributed by atoms with E-state index in [-0.39, 0.29) is 17.7 Å². The number of para-hydroxylation sites is 1. The highest BCUT2D eigenvalue weighted by atomic mass is 32.1. The molecule has 0 aliphatic heterocycles. The van der Waals surface area contributed by atoms with Crippen LogP contribution in [0.1, 0.15) is 36.7 Å². The molecule has 4 aromatic rings. The normalized spacial score (nSPS) is 10.6. The molecule has 196 valence electrons. The smallest absolute Gasteiger partial charge is 0.333 e. The van der Waals surface area contributed by atoms with Crippen molar-refractivity contribution < 1.29 is 14.3 Å². The maximum Gasteiger partial charge on any atom is 0.333 e. The molecule has 0 radical (unpaired) electrons. The molecular formula is C25H30N6O5S. The van der Waals surface area contributed by atoms with E-state index >= 15 is 0 Å². The Morgan fingerprint density at radius 3 is 2.32 bits per heavy atom. The lowest BCUT2D eigenvalue weighted by Gasteiger charge is -2.16. The summed E-state index contributed by atoms with van der Waals surface area (Å²) in [4.78, 5) is 55.9. The van der Waals surface area contributed by atoms with E-state index in [1.807, 2.05) is 13.8 Å². The van der Waals surface area contributed by atoms with Crippen molar-refractivity contribution in [2.24, 2.45) is 0 Å². The lowest BCUT2D eigenvalue weighted by Crippen LogP contribution is -2.44. The van der Waals surface area contributed by atoms with Gasteiger partial charge >= 0.3 is 5.69 Å². The quantitative estimate of drug-likeness (QED) is 0.323. The summed E-state index contributed by atoms with van der Waals surface area (Å²) in [5, 5.41) is 9.05. The van der Waals surface area contributed by atoms with E-state index in [0.717, 1.165) is 15.9 Å². The lowest BCUT2D eigenvalue weighted by molar-refractivity contribution is -0.130. The first-order valence-corrected chi connectivity index (χ1v) is 12.6. The average molecular weight is 527 g/mol. The van der Waals surface area contributed by atoms with Gasteiger partial charge in [0.15, 0.2) is 5.78 Å². The molecule has 0 N–H and O–H groups in total. The second-order valence-electron chi connectivity index (χ2n) is 7.82. The van der Waals surface area contributed by atoms with Crippen LogP contribution < -0.4 is 16.0 Å². The first kappa shape index (κ1) is 27.5. The Kier molecular flexibility index (Phi) is 8.77. The van der Waals surface area contributed by atoms with Crippen LogP contribution in [0, 0.1) is 6.92 Å². The Labute approximate surface area is 217 Å². The first-order chi connectivity index (χ1) is 17.8. The molecule has 0 unspecified atom stereocenters. The molecule has 1 amide bonds. The zero-order valence-electron chi connectivity index (χ0n) is 21.7. The highest BCUT2D eigenvalue weighted by molar-refractivity contribution is 7.21. The van der Waals surface area contributed by atoms with Crippen molar-refractivity contribution in [1.29, 1.82) is 0 Å². The van der Waals surface area contributed by atoms with Crippen molar-refractivity contribution in [2.45, 2.75) is 40.8 Å². The van der Waals surface area contributed by atoms with E-state index in [4.69, 9.17) is 4.74 Å². The molecule has 11 nitrogen and oxygen atoms in total. The van der Waals surface area contributed by atoms with Crippen LogP contribution in [-0.4, -0.2) is 61.4 Å². The van der Waals surface area contributed by atoms with Gasteiger partial charge in [-0.15, -0.1) is 4.80 Å². The number of nitrogens with zero attached hydrogens (tertiary/aromatic N) is 6. The molecule has 0 spiro atoms. The Balaban J connectivity index is 0.00000186. The minimum absolute atomic E-state index is 0.238. The summed E-state index contributed by atoms with van der Waals surface area (Å²) < 4.78 is 7.41. The van der Waals surface area contributed by atoms with Gasteiger partial charge < -0.3 is 9.64 Å². The first-order valence-electron chi connectivity index (χ1n) is 11.8. The van der Waals surface area contributed by atoms with Crippen LogP contribution in [0.25, 0.3) is 15.2 Å². The lowest BCUT2D eigenvalue weighted by atomic mass is 10.1. The topological polar surface area (TPSA) is 121 Å². The third kappa shape index (κ3) is 5.24. The molecule has 12 heteroatoms. The number of ketones is 1. The molecule has 0 saturated heterocycles. The molecule has 3 heterocycles. The Morgan fingerprint density at radius 1 is 1.05 bits per heavy atom. The number of fused-ring (bicyclic) bond motifs is 1. The summed E-state index contributed by atoms with van der Waals surface area (Å²) in [5.74, 6) is -0.396. The van der Waals surface area contributed by atoms with Gasteiger partial charge in [0, 0.05) is 19.2 Å². The fourth-order valence-electron chi connectivity index (χ4n) is 3.71. The number of rotatable bonds is 8. The van der Waals surface area contributed by atoms with Crippen LogP contribution in [0.2, 0.25) is 0 Å². The monoisotopic (exact) mass is 526 g/mol. The Bertz CT molecular complexity index is 1530. The number of benzene rings is 1. The van der Waals surface area contributed by atoms with Gasteiger partial charge in [-0.1, -0.05) is 37.3 Å². The number of thiophene rings is 1. The number of aromatic nitrogens is 5. The van der Waals surface area contributed by atoms with Crippen molar-refractivity contribution in [2.75, 3.05) is 20.7 Å². The number of amides is 1. The molecule has 0 saturated carbocycles. The standard InChI is InChI=1S/C23H24N6O5S.C2H6/c1-5-26(3)18(31)13-27-20(32)19-14(2)21(29-24-10-11-25-29)35-22(19)28(23(27)33)12-16(30)15-8-6-7-9-17(15)34-4;1-2/h6-11H,5,12-13H2,1-4H3;1-2H3. The summed E-state index contributed by atoms with van der Waals surface area (Å²) in [5.41, 5.74) is -0.493. The number of carbonyl (C=O) groups is 2. The van der Waals surface area contributed by atoms with Crippen LogP contribution in [0.3, 0.4) is 0 Å². The van der Waals surface area contributed by atoms with Crippen molar-refractivity contribution in [1.82, 2.24) is 29.0 Å². The second kappa shape index (κ2) is 11.8. The van der Waals surface area contributed by atoms with Crippen LogP contribution in [0.15, 0.2) is 46.2 Å². The van der Waals surface area contributed by atoms with Crippen molar-refractivity contribution in [3.05, 3.63) is 68.6 Å². The van der Waals surface area contributed by atoms with Crippen LogP contribution in [0.4, 0.5) is 0 Å². The third-order valence-corrected chi connectivity index (χ3v) is 7.05. The minimum Gasteiger partial charge on any atom is -0.496 e. The molecule has 0 aliphatic carbocycles. The van der Waals surface area contributed by atoms with Gasteiger partial charge in [0.1, 0.15) is 22.1 Å². The van der Waals surface area contributed by atoms with Gasteiger partial charge in [-0.05, 0) is 26.0 Å². The molecule has 0 atom stereocenters. The number of carbonyl (C=O) groups excluding carboxylic acids is 2. The summed E-state index contributed by atoms with van der Waals surface area (Å²) in [7, 11) is 3.05. The summed E-state index contributed by atoms with van der Waals surface area (Å²) >= 11 is 1.13. The van der Waals surface area contributed by atoms with E-state index < -0.39 is 23.7 Å². The second-order valence-corrected chi connectivity index (χ2v) is 8.80. The van der Waals surface area contributed by atoms with Crippen molar-refractivity contribution >= 4 is 33.2 Å². The van der Waals surface area contributed by atoms with E-state index in [2.05, 4.69) is 10.2 Å². The van der Waals surface area contributed by atoms with Gasteiger partial charge in [-0.25, -0.2) is 4.79 Å². The predicted molar refractivity (Wildman–Crippen MR) is 142 cm³/mol. The average Bonchev–Trinajstić information content (AvgIpc) is 3.57. The number of Topliss-reactive ketones (excluding diaryl/α,β-unsaturated/α-hetero) is 1. The summed E-state index contributed by atoms with van der Waals surface area (Å²) in [6.45, 7) is 7.15. The SMILES string of the molecule is CC.CCN(C)C(=O)Cn1c(=O)c2c(C)c(-n3nccn3)sc2n(CC(=O)c2ccccc2OC)c1=O. The zero-order chi connectivity index (χ0) is 27.3. The van der Waals surface area contributed by atoms with Crippen molar-refractivity contribution in [3.8, 4) is 10.8 Å². The van der Waals surface area contributed by atoms with E-state index in [1.165, 1.54) is 33.8 Å². The number of likely N-dealkylation sites (N-methyl/N-ethyl adjacent to an activating group) is 1. The summed E-state index contributed by atoms with van der Waals surface area (Å²) in [6, 6.07) is 6.70. The zero-order valence-corrected chi connectivity index (χ0v) is 22.5. The molecule has 0 bridgehead atoms. The van der Waals surface area contributed by atoms with Crippen molar-refractivity contribution in [3.63, 3.8) is 0 Å². The number of ether oxygens (including phenoxy) is 1. The molecule has 0 fully saturated rings. The predicted octanol–water partition coefficient (Wildman–Crippen LogP) is 2.51. The fourth-order valence-corrected chi connectivity index (χ4v) is 4.92. The number of methoxy groups -OCH3 is 1. The number of hydrogen-bond acceptors (Lipinski definition) is 8. The highest BCUT2D eigenvalue weighted by Crippen LogP contribution is 2.30. The van der Waals surface area contributed by atoms with Gasteiger partial charge in [0.25, 0.3) is 5.56 Å². The summed E-state index contributed by atoms with van der Waals surface area (Å²) in [6.07, 6.45) is 3.00. The molecule has 1 aromatic carbocycles. The molecule has 37 heavy (non-hydrogen) atoms. The molecule has 3 aromatic heterocycles. The Morgan fingerprint density at radius 2 is 1.70 bits per heavy atom. The van der Waals surface area contributed by atoms with Gasteiger partial charge in [0.2, 0.25) is 5.91 Å². The van der Waals surface area contributed by atoms with Gasteiger partial charge in [0.05, 0.1) is 37.0 Å². The fraction of sp³-hybridized carbons (Fsp3) is 0.360. The number of hydrogen-bond donors (Lipinski definition) is 0. The largest absolute Gasteiger partial charge is 0.496 e. The molecule has 4 rings (SSSR count). The maximum absolute atomic E-state index is 13.5. The third-order valence-electron chi connectivity index (χ3n) is 5.77. The van der Waals surface area contributed by atoms with Crippen LogP contribution in [-0.2, 0) is 17.9 Å². The van der Waals surface area contributed by atoms with E-state index in [0.29, 0.717) is 33.3 Å².